The zero-order chi connectivity index (χ0) is 17.0. The van der Waals surface area contributed by atoms with E-state index >= 15 is 0 Å². The second kappa shape index (κ2) is 6.93. The van der Waals surface area contributed by atoms with Gasteiger partial charge >= 0.3 is 0 Å². The molecule has 0 fully saturated rings. The average molecular weight is 354 g/mol. The van der Waals surface area contributed by atoms with Crippen LogP contribution < -0.4 is 14.8 Å². The SMILES string of the molecule is COc1ccccc1NC(=S)NS(=O)(=O)c1ccc(F)c(C)c1. The predicted octanol–water partition coefficient (Wildman–Crippen LogP) is 2.82. The minimum absolute atomic E-state index is 0.0689. The number of nitrogens with one attached hydrogen (secondary N) is 2. The molecule has 0 aliphatic heterocycles. The molecule has 2 aromatic rings. The van der Waals surface area contributed by atoms with Crippen LogP contribution in [0.5, 0.6) is 5.75 Å². The maximum atomic E-state index is 13.3. The highest BCUT2D eigenvalue weighted by Gasteiger charge is 2.17. The summed E-state index contributed by atoms with van der Waals surface area (Å²) in [4.78, 5) is -0.0689. The first kappa shape index (κ1) is 17.2. The zero-order valence-electron chi connectivity index (χ0n) is 12.5. The summed E-state index contributed by atoms with van der Waals surface area (Å²) in [6.45, 7) is 1.49. The monoisotopic (exact) mass is 354 g/mol. The molecule has 0 atom stereocenters. The summed E-state index contributed by atoms with van der Waals surface area (Å²) in [5, 5.41) is 2.64. The highest BCUT2D eigenvalue weighted by atomic mass is 32.2. The standard InChI is InChI=1S/C15H15FN2O3S2/c1-10-9-11(7-8-12(10)16)23(19,20)18-15(22)17-13-5-3-4-6-14(13)21-2/h3-9H,1-2H3,(H2,17,18,22). The highest BCUT2D eigenvalue weighted by molar-refractivity contribution is 7.92. The van der Waals surface area contributed by atoms with Crippen LogP contribution in [-0.4, -0.2) is 20.6 Å². The Bertz CT molecular complexity index is 838. The number of rotatable bonds is 4. The van der Waals surface area contributed by atoms with Crippen LogP contribution in [0.15, 0.2) is 47.4 Å². The Morgan fingerprint density at radius 2 is 1.91 bits per heavy atom. The minimum atomic E-state index is -3.90. The van der Waals surface area contributed by atoms with Gasteiger partial charge in [-0.25, -0.2) is 12.8 Å². The summed E-state index contributed by atoms with van der Waals surface area (Å²) in [6, 6.07) is 10.5. The Morgan fingerprint density at radius 3 is 2.57 bits per heavy atom. The largest absolute Gasteiger partial charge is 0.495 e. The smallest absolute Gasteiger partial charge is 0.263 e. The molecule has 0 bridgehead atoms. The molecule has 0 unspecified atom stereocenters. The van der Waals surface area contributed by atoms with Crippen molar-refractivity contribution >= 4 is 33.0 Å². The molecule has 2 N–H and O–H groups in total. The Kier molecular flexibility index (Phi) is 5.17. The first-order valence-corrected chi connectivity index (χ1v) is 8.45. The molecule has 23 heavy (non-hydrogen) atoms. The van der Waals surface area contributed by atoms with Crippen molar-refractivity contribution in [1.82, 2.24) is 4.72 Å². The molecule has 0 saturated heterocycles. The molecule has 0 radical (unpaired) electrons. The van der Waals surface area contributed by atoms with Gasteiger partial charge in [0.15, 0.2) is 5.11 Å². The van der Waals surface area contributed by atoms with E-state index in [1.54, 1.807) is 24.3 Å². The van der Waals surface area contributed by atoms with Gasteiger partial charge in [-0.2, -0.15) is 0 Å². The number of hydrogen-bond donors (Lipinski definition) is 2. The topological polar surface area (TPSA) is 67.4 Å². The van der Waals surface area contributed by atoms with Crippen molar-refractivity contribution in [1.29, 1.82) is 0 Å². The molecule has 2 aromatic carbocycles. The quantitative estimate of drug-likeness (QED) is 0.827. The summed E-state index contributed by atoms with van der Waals surface area (Å²) in [5.74, 6) is 0.0466. The molecular formula is C15H15FN2O3S2. The van der Waals surface area contributed by atoms with Crippen molar-refractivity contribution in [3.8, 4) is 5.75 Å². The predicted molar refractivity (Wildman–Crippen MR) is 90.7 cm³/mol. The second-order valence-corrected chi connectivity index (χ2v) is 6.76. The molecule has 5 nitrogen and oxygen atoms in total. The number of anilines is 1. The normalized spacial score (nSPS) is 10.9. The number of thiocarbonyl (C=S) groups is 1. The van der Waals surface area contributed by atoms with Crippen LogP contribution in [-0.2, 0) is 10.0 Å². The summed E-state index contributed by atoms with van der Waals surface area (Å²) in [7, 11) is -2.40. The van der Waals surface area contributed by atoms with Crippen molar-refractivity contribution < 1.29 is 17.5 Å². The highest BCUT2D eigenvalue weighted by Crippen LogP contribution is 2.23. The van der Waals surface area contributed by atoms with E-state index in [0.717, 1.165) is 6.07 Å². The maximum Gasteiger partial charge on any atom is 0.263 e. The van der Waals surface area contributed by atoms with E-state index < -0.39 is 15.8 Å². The molecule has 0 aromatic heterocycles. The molecule has 0 aliphatic rings. The number of benzene rings is 2. The van der Waals surface area contributed by atoms with Crippen molar-refractivity contribution in [2.24, 2.45) is 0 Å². The Labute approximate surface area is 139 Å². The lowest BCUT2D eigenvalue weighted by molar-refractivity contribution is 0.417. The van der Waals surface area contributed by atoms with Gasteiger partial charge in [0.05, 0.1) is 17.7 Å². The maximum absolute atomic E-state index is 13.3. The van der Waals surface area contributed by atoms with E-state index in [1.807, 2.05) is 0 Å². The Hall–Kier alpha value is -2.19. The van der Waals surface area contributed by atoms with Crippen molar-refractivity contribution in [3.63, 3.8) is 0 Å². The number of sulfonamides is 1. The first-order valence-electron chi connectivity index (χ1n) is 6.56. The van der Waals surface area contributed by atoms with Crippen LogP contribution in [0.4, 0.5) is 10.1 Å². The van der Waals surface area contributed by atoms with Crippen LogP contribution in [0.3, 0.4) is 0 Å². The number of para-hydroxylation sites is 2. The first-order chi connectivity index (χ1) is 10.8. The van der Waals surface area contributed by atoms with E-state index in [2.05, 4.69) is 10.0 Å². The van der Waals surface area contributed by atoms with Gasteiger partial charge in [0.25, 0.3) is 10.0 Å². The summed E-state index contributed by atoms with van der Waals surface area (Å²) >= 11 is 5.02. The molecular weight excluding hydrogens is 339 g/mol. The third-order valence-electron chi connectivity index (χ3n) is 3.02. The molecule has 8 heteroatoms. The number of methoxy groups -OCH3 is 1. The van der Waals surface area contributed by atoms with Crippen LogP contribution in [0, 0.1) is 12.7 Å². The van der Waals surface area contributed by atoms with Crippen LogP contribution >= 0.6 is 12.2 Å². The third kappa shape index (κ3) is 4.17. The lowest BCUT2D eigenvalue weighted by atomic mass is 10.2. The van der Waals surface area contributed by atoms with Crippen LogP contribution in [0.1, 0.15) is 5.56 Å². The third-order valence-corrected chi connectivity index (χ3v) is 4.70. The van der Waals surface area contributed by atoms with Crippen LogP contribution in [0.25, 0.3) is 0 Å². The lowest BCUT2D eigenvalue weighted by Gasteiger charge is -2.13. The second-order valence-electron chi connectivity index (χ2n) is 4.67. The van der Waals surface area contributed by atoms with Gasteiger partial charge < -0.3 is 10.1 Å². The van der Waals surface area contributed by atoms with Gasteiger partial charge in [0.2, 0.25) is 0 Å². The fraction of sp³-hybridized carbons (Fsp3) is 0.133. The van der Waals surface area contributed by atoms with Crippen molar-refractivity contribution in [2.45, 2.75) is 11.8 Å². The number of halogens is 1. The van der Waals surface area contributed by atoms with Gasteiger partial charge in [0.1, 0.15) is 11.6 Å². The Morgan fingerprint density at radius 1 is 1.22 bits per heavy atom. The molecule has 122 valence electrons. The molecule has 0 spiro atoms. The van der Waals surface area contributed by atoms with Gasteiger partial charge in [-0.1, -0.05) is 12.1 Å². The van der Waals surface area contributed by atoms with Crippen molar-refractivity contribution in [2.75, 3.05) is 12.4 Å². The zero-order valence-corrected chi connectivity index (χ0v) is 14.1. The number of hydrogen-bond acceptors (Lipinski definition) is 4. The summed E-state index contributed by atoms with van der Waals surface area (Å²) in [5.41, 5.74) is 0.759. The van der Waals surface area contributed by atoms with Gasteiger partial charge in [0, 0.05) is 0 Å². The van der Waals surface area contributed by atoms with E-state index in [-0.39, 0.29) is 15.6 Å². The Balaban J connectivity index is 2.17. The van der Waals surface area contributed by atoms with E-state index in [1.165, 1.54) is 26.2 Å². The molecule has 0 amide bonds. The van der Waals surface area contributed by atoms with Crippen molar-refractivity contribution in [3.05, 3.63) is 53.8 Å². The molecule has 0 heterocycles. The van der Waals surface area contributed by atoms with Gasteiger partial charge in [-0.05, 0) is 55.0 Å². The van der Waals surface area contributed by atoms with E-state index in [4.69, 9.17) is 17.0 Å². The lowest BCUT2D eigenvalue weighted by Crippen LogP contribution is -2.34. The van der Waals surface area contributed by atoms with E-state index in [9.17, 15) is 12.8 Å². The fourth-order valence-electron chi connectivity index (χ4n) is 1.86. The average Bonchev–Trinajstić information content (AvgIpc) is 2.49. The fourth-order valence-corrected chi connectivity index (χ4v) is 3.29. The van der Waals surface area contributed by atoms with Gasteiger partial charge in [-0.3, -0.25) is 4.72 Å². The summed E-state index contributed by atoms with van der Waals surface area (Å²) in [6.07, 6.45) is 0. The van der Waals surface area contributed by atoms with Crippen LogP contribution in [0.2, 0.25) is 0 Å². The van der Waals surface area contributed by atoms with E-state index in [0.29, 0.717) is 11.4 Å². The summed E-state index contributed by atoms with van der Waals surface area (Å²) < 4.78 is 45.2. The molecule has 2 rings (SSSR count). The number of ether oxygens (including phenoxy) is 1. The molecule has 0 saturated carbocycles. The minimum Gasteiger partial charge on any atom is -0.495 e. The molecule has 0 aliphatic carbocycles. The number of aryl methyl sites for hydroxylation is 1. The van der Waals surface area contributed by atoms with Gasteiger partial charge in [-0.15, -0.1) is 0 Å².